The normalized spacial score (nSPS) is 13.8. The fraction of sp³-hybridized carbons (Fsp3) is 0.125. The van der Waals surface area contributed by atoms with Crippen LogP contribution < -0.4 is 11.1 Å². The Morgan fingerprint density at radius 1 is 0.949 bits per heavy atom. The van der Waals surface area contributed by atoms with Crippen molar-refractivity contribution in [1.82, 2.24) is 5.32 Å². The summed E-state index contributed by atoms with van der Waals surface area (Å²) in [6, 6.07) is 26.5. The molecule has 0 aliphatic heterocycles. The highest BCUT2D eigenvalue weighted by Gasteiger charge is 2.45. The molecular formula is C32H24ClFN2O3. The van der Waals surface area contributed by atoms with Gasteiger partial charge in [0.25, 0.3) is 11.8 Å². The van der Waals surface area contributed by atoms with Gasteiger partial charge in [-0.25, -0.2) is 4.39 Å². The van der Waals surface area contributed by atoms with Gasteiger partial charge in [-0.3, -0.25) is 9.59 Å². The van der Waals surface area contributed by atoms with Crippen LogP contribution in [-0.2, 0) is 12.0 Å². The highest BCUT2D eigenvalue weighted by molar-refractivity contribution is 6.33. The number of rotatable bonds is 7. The van der Waals surface area contributed by atoms with E-state index in [1.165, 1.54) is 12.1 Å². The Morgan fingerprint density at radius 3 is 2.38 bits per heavy atom. The minimum Gasteiger partial charge on any atom is -0.460 e. The molecule has 0 spiro atoms. The van der Waals surface area contributed by atoms with Crippen molar-refractivity contribution in [2.24, 2.45) is 5.73 Å². The predicted molar refractivity (Wildman–Crippen MR) is 149 cm³/mol. The molecule has 1 aromatic heterocycles. The van der Waals surface area contributed by atoms with E-state index >= 15 is 0 Å². The molecule has 39 heavy (non-hydrogen) atoms. The van der Waals surface area contributed by atoms with Gasteiger partial charge < -0.3 is 15.5 Å². The van der Waals surface area contributed by atoms with Crippen LogP contribution in [0.2, 0.25) is 5.02 Å². The van der Waals surface area contributed by atoms with Crippen LogP contribution in [0, 0.1) is 5.82 Å². The van der Waals surface area contributed by atoms with Crippen LogP contribution in [0.25, 0.3) is 22.1 Å². The van der Waals surface area contributed by atoms with Gasteiger partial charge in [-0.15, -0.1) is 0 Å². The van der Waals surface area contributed by atoms with Crippen LogP contribution in [0.15, 0.2) is 95.4 Å². The number of fused-ring (bicyclic) bond motifs is 1. The summed E-state index contributed by atoms with van der Waals surface area (Å²) in [4.78, 5) is 25.7. The number of carbonyl (C=O) groups is 2. The van der Waals surface area contributed by atoms with E-state index in [0.29, 0.717) is 38.4 Å². The minimum atomic E-state index is -0.627. The summed E-state index contributed by atoms with van der Waals surface area (Å²) in [5.74, 6) is -0.754. The van der Waals surface area contributed by atoms with Crippen molar-refractivity contribution in [3.63, 3.8) is 0 Å². The van der Waals surface area contributed by atoms with Crippen LogP contribution >= 0.6 is 11.6 Å². The second-order valence-corrected chi connectivity index (χ2v) is 10.3. The van der Waals surface area contributed by atoms with Gasteiger partial charge in [0, 0.05) is 28.0 Å². The van der Waals surface area contributed by atoms with E-state index in [2.05, 4.69) is 5.32 Å². The van der Waals surface area contributed by atoms with Crippen LogP contribution in [0.4, 0.5) is 4.39 Å². The lowest BCUT2D eigenvalue weighted by molar-refractivity contribution is 0.0929. The number of benzene rings is 4. The summed E-state index contributed by atoms with van der Waals surface area (Å²) in [5.41, 5.74) is 9.89. The Bertz CT molecular complexity index is 1720. The van der Waals surface area contributed by atoms with Crippen molar-refractivity contribution in [1.29, 1.82) is 0 Å². The minimum absolute atomic E-state index is 0.182. The van der Waals surface area contributed by atoms with Gasteiger partial charge in [-0.2, -0.15) is 0 Å². The first kappa shape index (κ1) is 24.9. The van der Waals surface area contributed by atoms with E-state index in [4.69, 9.17) is 21.8 Å². The second-order valence-electron chi connectivity index (χ2n) is 9.88. The third kappa shape index (κ3) is 4.79. The average molecular weight is 539 g/mol. The van der Waals surface area contributed by atoms with E-state index in [0.717, 1.165) is 24.0 Å². The lowest BCUT2D eigenvalue weighted by atomic mass is 9.98. The monoisotopic (exact) mass is 538 g/mol. The molecule has 4 aromatic carbocycles. The largest absolute Gasteiger partial charge is 0.460 e. The van der Waals surface area contributed by atoms with Crippen LogP contribution in [-0.4, -0.2) is 11.8 Å². The van der Waals surface area contributed by atoms with E-state index in [-0.39, 0.29) is 29.2 Å². The molecule has 3 N–H and O–H groups in total. The lowest BCUT2D eigenvalue weighted by Gasteiger charge is -2.18. The molecule has 5 nitrogen and oxygen atoms in total. The Hall–Kier alpha value is -4.42. The molecule has 1 fully saturated rings. The highest BCUT2D eigenvalue weighted by Crippen LogP contribution is 2.45. The van der Waals surface area contributed by atoms with Crippen molar-refractivity contribution in [3.8, 4) is 11.1 Å². The zero-order chi connectivity index (χ0) is 27.1. The van der Waals surface area contributed by atoms with Crippen LogP contribution in [0.5, 0.6) is 0 Å². The molecular weight excluding hydrogens is 515 g/mol. The fourth-order valence-electron chi connectivity index (χ4n) is 5.04. The van der Waals surface area contributed by atoms with Crippen molar-refractivity contribution >= 4 is 34.4 Å². The van der Waals surface area contributed by atoms with E-state index in [1.807, 2.05) is 36.4 Å². The van der Waals surface area contributed by atoms with Crippen molar-refractivity contribution in [2.45, 2.75) is 24.8 Å². The molecule has 1 aliphatic rings. The van der Waals surface area contributed by atoms with Gasteiger partial charge in [0.1, 0.15) is 17.2 Å². The first-order valence-electron chi connectivity index (χ1n) is 12.6. The molecule has 7 heteroatoms. The molecule has 5 aromatic rings. The third-order valence-corrected chi connectivity index (χ3v) is 7.58. The van der Waals surface area contributed by atoms with E-state index < -0.39 is 5.91 Å². The Labute approximate surface area is 229 Å². The molecule has 0 radical (unpaired) electrons. The lowest BCUT2D eigenvalue weighted by Crippen LogP contribution is -2.34. The maximum atomic E-state index is 13.3. The average Bonchev–Trinajstić information content (AvgIpc) is 3.62. The summed E-state index contributed by atoms with van der Waals surface area (Å²) in [7, 11) is 0. The number of carbonyl (C=O) groups excluding carboxylic acids is 2. The number of amides is 2. The number of halogens is 2. The summed E-state index contributed by atoms with van der Waals surface area (Å²) in [6.07, 6.45) is 2.05. The van der Waals surface area contributed by atoms with Gasteiger partial charge in [-0.1, -0.05) is 60.1 Å². The van der Waals surface area contributed by atoms with Gasteiger partial charge in [0.05, 0.1) is 11.1 Å². The number of hydrogen-bond donors (Lipinski definition) is 2. The molecule has 0 bridgehead atoms. The highest BCUT2D eigenvalue weighted by atomic mass is 35.5. The molecule has 1 heterocycles. The molecule has 194 valence electrons. The Balaban J connectivity index is 1.34. The summed E-state index contributed by atoms with van der Waals surface area (Å²) in [5, 5.41) is 4.21. The van der Waals surface area contributed by atoms with E-state index in [1.54, 1.807) is 42.5 Å². The molecule has 6 rings (SSSR count). The smallest absolute Gasteiger partial charge is 0.252 e. The number of nitrogens with one attached hydrogen (secondary N) is 1. The zero-order valence-corrected chi connectivity index (χ0v) is 21.6. The Morgan fingerprint density at radius 2 is 1.69 bits per heavy atom. The second kappa shape index (κ2) is 9.71. The number of hydrogen-bond acceptors (Lipinski definition) is 3. The van der Waals surface area contributed by atoms with E-state index in [9.17, 15) is 14.0 Å². The summed E-state index contributed by atoms with van der Waals surface area (Å²) < 4.78 is 19.3. The number of primary amides is 1. The maximum Gasteiger partial charge on any atom is 0.252 e. The van der Waals surface area contributed by atoms with Gasteiger partial charge in [-0.05, 0) is 72.0 Å². The first-order chi connectivity index (χ1) is 18.8. The van der Waals surface area contributed by atoms with Crippen molar-refractivity contribution in [3.05, 3.63) is 130 Å². The van der Waals surface area contributed by atoms with Crippen LogP contribution in [0.3, 0.4) is 0 Å². The molecule has 0 saturated heterocycles. The standard InChI is InChI=1S/C32H24ClFN2O3/c33-26-12-8-21(31(38)36-32(14-15-32)22-4-2-1-3-5-22)18-24(26)20-9-13-27-25(17-20)29(30(35)37)28(39-27)16-19-6-10-23(34)11-7-19/h1-13,17-18H,14-16H2,(H2,35,37)(H,36,38). The SMILES string of the molecule is NC(=O)c1c(Cc2ccc(F)cc2)oc2ccc(-c3cc(C(=O)NC4(c5ccccc5)CC4)ccc3Cl)cc12. The quantitative estimate of drug-likeness (QED) is 0.234. The zero-order valence-electron chi connectivity index (χ0n) is 20.8. The Kier molecular flexibility index (Phi) is 6.20. The van der Waals surface area contributed by atoms with Crippen molar-refractivity contribution in [2.75, 3.05) is 0 Å². The third-order valence-electron chi connectivity index (χ3n) is 7.25. The topological polar surface area (TPSA) is 85.3 Å². The molecule has 2 amide bonds. The summed E-state index contributed by atoms with van der Waals surface area (Å²) >= 11 is 6.58. The summed E-state index contributed by atoms with van der Waals surface area (Å²) in [6.45, 7) is 0. The number of nitrogens with two attached hydrogens (primary N) is 1. The van der Waals surface area contributed by atoms with Crippen molar-refractivity contribution < 1.29 is 18.4 Å². The first-order valence-corrected chi connectivity index (χ1v) is 13.0. The molecule has 1 saturated carbocycles. The molecule has 0 atom stereocenters. The van der Waals surface area contributed by atoms with Gasteiger partial charge in [0.2, 0.25) is 0 Å². The van der Waals surface area contributed by atoms with Gasteiger partial charge in [0.15, 0.2) is 0 Å². The van der Waals surface area contributed by atoms with Crippen LogP contribution in [0.1, 0.15) is 50.4 Å². The maximum absolute atomic E-state index is 13.3. The molecule has 0 unspecified atom stereocenters. The van der Waals surface area contributed by atoms with Gasteiger partial charge >= 0.3 is 0 Å². The predicted octanol–water partition coefficient (Wildman–Crippen LogP) is 7.00. The fourth-order valence-corrected chi connectivity index (χ4v) is 5.27. The molecule has 1 aliphatic carbocycles. The number of furan rings is 1.